The normalized spacial score (nSPS) is 41.4. The first-order valence-electron chi connectivity index (χ1n) is 5.00. The van der Waals surface area contributed by atoms with Crippen LogP contribution in [0.3, 0.4) is 0 Å². The van der Waals surface area contributed by atoms with Gasteiger partial charge in [-0.2, -0.15) is 8.42 Å². The molecule has 2 saturated heterocycles. The van der Waals surface area contributed by atoms with Crippen LogP contribution in [0.25, 0.3) is 0 Å². The third-order valence-electron chi connectivity index (χ3n) is 3.09. The summed E-state index contributed by atoms with van der Waals surface area (Å²) in [6.45, 7) is 0. The van der Waals surface area contributed by atoms with Gasteiger partial charge >= 0.3 is 16.4 Å². The highest BCUT2D eigenvalue weighted by atomic mass is 32.3. The topological polar surface area (TPSA) is 130 Å². The number of hydrogen-bond donors (Lipinski definition) is 3. The Bertz CT molecular complexity index is 417. The van der Waals surface area contributed by atoms with Gasteiger partial charge in [-0.05, 0) is 6.42 Å². The van der Waals surface area contributed by atoms with E-state index in [1.165, 1.54) is 0 Å². The summed E-state index contributed by atoms with van der Waals surface area (Å²) >= 11 is 0. The fourth-order valence-corrected chi connectivity index (χ4v) is 2.91. The van der Waals surface area contributed by atoms with Crippen LogP contribution >= 0.6 is 0 Å². The van der Waals surface area contributed by atoms with Gasteiger partial charge in [-0.3, -0.25) is 4.55 Å². The largest absolute Gasteiger partial charge is 0.479 e. The molecule has 5 atom stereocenters. The highest BCUT2D eigenvalue weighted by Crippen LogP contribution is 2.39. The van der Waals surface area contributed by atoms with E-state index in [4.69, 9.17) is 14.4 Å². The number of carbonyl (C=O) groups is 1. The minimum atomic E-state index is -4.61. The van der Waals surface area contributed by atoms with Crippen LogP contribution in [0.5, 0.6) is 0 Å². The Kier molecular flexibility index (Phi) is 3.12. The van der Waals surface area contributed by atoms with Gasteiger partial charge in [0.2, 0.25) is 0 Å². The molecule has 8 nitrogen and oxygen atoms in total. The maximum absolute atomic E-state index is 10.8. The average Bonchev–Trinajstić information content (AvgIpc) is 2.16. The van der Waals surface area contributed by atoms with Crippen LogP contribution in [-0.2, 0) is 24.1 Å². The number of aliphatic hydroxyl groups excluding tert-OH is 1. The molecule has 0 aromatic carbocycles. The number of ether oxygens (including phenoxy) is 1. The van der Waals surface area contributed by atoms with Gasteiger partial charge < -0.3 is 14.9 Å². The summed E-state index contributed by atoms with van der Waals surface area (Å²) in [5.41, 5.74) is 0. The smallest absolute Gasteiger partial charge is 0.397 e. The van der Waals surface area contributed by atoms with Crippen molar-refractivity contribution in [2.75, 3.05) is 0 Å². The van der Waals surface area contributed by atoms with E-state index in [9.17, 15) is 18.3 Å². The Morgan fingerprint density at radius 2 is 2.00 bits per heavy atom. The maximum Gasteiger partial charge on any atom is 0.397 e. The first kappa shape index (κ1) is 12.7. The van der Waals surface area contributed by atoms with E-state index in [1.807, 2.05) is 0 Å². The van der Waals surface area contributed by atoms with Gasteiger partial charge in [0.25, 0.3) is 0 Å². The number of carboxylic acids is 1. The maximum atomic E-state index is 10.8. The lowest BCUT2D eigenvalue weighted by atomic mass is 9.76. The lowest BCUT2D eigenvalue weighted by Crippen LogP contribution is -2.58. The molecule has 0 spiro atoms. The van der Waals surface area contributed by atoms with E-state index >= 15 is 0 Å². The molecule has 1 aliphatic carbocycles. The molecule has 3 N–H and O–H groups in total. The molecule has 17 heavy (non-hydrogen) atoms. The molecule has 0 amide bonds. The molecule has 2 aliphatic heterocycles. The van der Waals surface area contributed by atoms with Crippen molar-refractivity contribution in [1.29, 1.82) is 0 Å². The highest BCUT2D eigenvalue weighted by Gasteiger charge is 2.52. The van der Waals surface area contributed by atoms with E-state index in [1.54, 1.807) is 0 Å². The van der Waals surface area contributed by atoms with Crippen LogP contribution in [-0.4, -0.2) is 53.6 Å². The van der Waals surface area contributed by atoms with Gasteiger partial charge in [-0.1, -0.05) is 0 Å². The molecule has 0 aromatic rings. The Balaban J connectivity index is 2.13. The number of hydrogen-bond acceptors (Lipinski definition) is 6. The molecule has 3 aliphatic rings. The summed E-state index contributed by atoms with van der Waals surface area (Å²) in [5.74, 6) is -1.94. The van der Waals surface area contributed by atoms with Crippen LogP contribution in [0, 0.1) is 5.92 Å². The van der Waals surface area contributed by atoms with E-state index < -0.39 is 46.7 Å². The monoisotopic (exact) mass is 268 g/mol. The van der Waals surface area contributed by atoms with Crippen LogP contribution in [0.1, 0.15) is 12.8 Å². The zero-order chi connectivity index (χ0) is 12.8. The molecular formula is C8H12O8S. The van der Waals surface area contributed by atoms with E-state index in [0.717, 1.165) is 0 Å². The van der Waals surface area contributed by atoms with Crippen molar-refractivity contribution >= 4 is 16.4 Å². The van der Waals surface area contributed by atoms with Crippen molar-refractivity contribution in [1.82, 2.24) is 0 Å². The Morgan fingerprint density at radius 3 is 2.47 bits per heavy atom. The molecule has 3 fully saturated rings. The number of aliphatic carboxylic acids is 1. The van der Waals surface area contributed by atoms with Crippen molar-refractivity contribution in [3.05, 3.63) is 0 Å². The van der Waals surface area contributed by atoms with Gasteiger partial charge in [0, 0.05) is 12.3 Å². The van der Waals surface area contributed by atoms with Gasteiger partial charge in [0.05, 0.1) is 12.2 Å². The van der Waals surface area contributed by atoms with Gasteiger partial charge in [-0.25, -0.2) is 8.98 Å². The molecule has 0 aromatic heterocycles. The van der Waals surface area contributed by atoms with Crippen molar-refractivity contribution in [2.24, 2.45) is 5.92 Å². The molecule has 3 rings (SSSR count). The molecule has 5 unspecified atom stereocenters. The molecule has 1 saturated carbocycles. The summed E-state index contributed by atoms with van der Waals surface area (Å²) in [6, 6.07) is 0. The summed E-state index contributed by atoms with van der Waals surface area (Å²) in [5, 5.41) is 18.5. The number of rotatable bonds is 3. The number of fused-ring (bicyclic) bond motifs is 3. The summed E-state index contributed by atoms with van der Waals surface area (Å²) in [4.78, 5) is 10.8. The second kappa shape index (κ2) is 4.18. The fraction of sp³-hybridized carbons (Fsp3) is 0.875. The van der Waals surface area contributed by atoms with Gasteiger partial charge in [0.1, 0.15) is 6.10 Å². The predicted molar refractivity (Wildman–Crippen MR) is 51.4 cm³/mol. The Morgan fingerprint density at radius 1 is 1.35 bits per heavy atom. The summed E-state index contributed by atoms with van der Waals surface area (Å²) in [7, 11) is -4.61. The lowest BCUT2D eigenvalue weighted by molar-refractivity contribution is -0.220. The van der Waals surface area contributed by atoms with E-state index in [2.05, 4.69) is 4.18 Å². The minimum Gasteiger partial charge on any atom is -0.479 e. The molecule has 9 heteroatoms. The van der Waals surface area contributed by atoms with Crippen molar-refractivity contribution in [3.8, 4) is 0 Å². The van der Waals surface area contributed by atoms with Crippen LogP contribution in [0.2, 0.25) is 0 Å². The summed E-state index contributed by atoms with van der Waals surface area (Å²) < 4.78 is 39.2. The molecular weight excluding hydrogens is 256 g/mol. The summed E-state index contributed by atoms with van der Waals surface area (Å²) in [6.07, 6.45) is -3.72. The average molecular weight is 268 g/mol. The third-order valence-corrected chi connectivity index (χ3v) is 3.58. The second-order valence-electron chi connectivity index (χ2n) is 4.20. The van der Waals surface area contributed by atoms with Gasteiger partial charge in [0.15, 0.2) is 6.10 Å². The minimum absolute atomic E-state index is 0.0165. The van der Waals surface area contributed by atoms with Crippen LogP contribution in [0.4, 0.5) is 0 Å². The lowest BCUT2D eigenvalue weighted by Gasteiger charge is -2.46. The third kappa shape index (κ3) is 2.58. The Labute approximate surface area is 97.1 Å². The van der Waals surface area contributed by atoms with E-state index in [-0.39, 0.29) is 12.8 Å². The van der Waals surface area contributed by atoms with Crippen LogP contribution in [0.15, 0.2) is 0 Å². The first-order valence-corrected chi connectivity index (χ1v) is 6.36. The highest BCUT2D eigenvalue weighted by molar-refractivity contribution is 7.80. The molecule has 2 bridgehead atoms. The van der Waals surface area contributed by atoms with Crippen LogP contribution < -0.4 is 0 Å². The fourth-order valence-electron chi connectivity index (χ4n) is 2.40. The van der Waals surface area contributed by atoms with Crippen molar-refractivity contribution < 1.29 is 36.9 Å². The zero-order valence-electron chi connectivity index (χ0n) is 8.59. The van der Waals surface area contributed by atoms with E-state index in [0.29, 0.717) is 0 Å². The van der Waals surface area contributed by atoms with Crippen molar-refractivity contribution in [2.45, 2.75) is 37.3 Å². The SMILES string of the molecule is O=C(O)C1OC2CC(O)C1CC2OS(=O)(=O)O. The molecule has 0 radical (unpaired) electrons. The molecule has 2 heterocycles. The number of aliphatic hydroxyl groups is 1. The predicted octanol–water partition coefficient (Wildman–Crippen LogP) is -1.20. The zero-order valence-corrected chi connectivity index (χ0v) is 9.41. The van der Waals surface area contributed by atoms with Gasteiger partial charge in [-0.15, -0.1) is 0 Å². The van der Waals surface area contributed by atoms with Crippen molar-refractivity contribution in [3.63, 3.8) is 0 Å². The molecule has 98 valence electrons. The Hall–Kier alpha value is -0.740. The second-order valence-corrected chi connectivity index (χ2v) is 5.25. The quantitative estimate of drug-likeness (QED) is 0.544. The standard InChI is InChI=1S/C8H12O8S/c9-4-2-5-6(16-17(12,13)14)1-3(4)7(15-5)8(10)11/h3-7,9H,1-2H2,(H,10,11)(H,12,13,14). The number of carboxylic acid groups (broad SMARTS) is 1. The first-order chi connectivity index (χ1) is 7.78.